The molecule has 0 aliphatic carbocycles. The Morgan fingerprint density at radius 1 is 1.04 bits per heavy atom. The Balaban J connectivity index is 1.72. The van der Waals surface area contributed by atoms with Crippen LogP contribution >= 0.6 is 0 Å². The number of ether oxygens (including phenoxy) is 1. The van der Waals surface area contributed by atoms with Gasteiger partial charge in [0, 0.05) is 11.8 Å². The maximum Gasteiger partial charge on any atom is 0.257 e. The Kier molecular flexibility index (Phi) is 4.38. The van der Waals surface area contributed by atoms with E-state index in [9.17, 15) is 0 Å². The highest BCUT2D eigenvalue weighted by Gasteiger charge is 2.13. The molecule has 0 aliphatic heterocycles. The van der Waals surface area contributed by atoms with Crippen molar-refractivity contribution in [3.05, 3.63) is 71.0 Å². The minimum Gasteiger partial charge on any atom is -0.438 e. The van der Waals surface area contributed by atoms with Crippen molar-refractivity contribution < 1.29 is 4.74 Å². The number of nitrogens with one attached hydrogen (secondary N) is 1. The molecule has 1 N–H and O–H groups in total. The number of rotatable bonds is 4. The van der Waals surface area contributed by atoms with Gasteiger partial charge in [-0.2, -0.15) is 24.8 Å². The van der Waals surface area contributed by atoms with Crippen LogP contribution in [-0.4, -0.2) is 19.6 Å². The molecule has 0 aliphatic rings. The average molecular weight is 370 g/mol. The largest absolute Gasteiger partial charge is 0.438 e. The van der Waals surface area contributed by atoms with Crippen LogP contribution in [0.3, 0.4) is 0 Å². The summed E-state index contributed by atoms with van der Waals surface area (Å²) in [7, 11) is 0. The molecule has 4 rings (SSSR count). The summed E-state index contributed by atoms with van der Waals surface area (Å²) in [6, 6.07) is 15.2. The molecular formula is C21H18N6O. The molecule has 138 valence electrons. The van der Waals surface area contributed by atoms with E-state index in [2.05, 4.69) is 45.5 Å². The lowest BCUT2D eigenvalue weighted by atomic mass is 10.1. The lowest BCUT2D eigenvalue weighted by molar-refractivity contribution is 0.440. The average Bonchev–Trinajstić information content (AvgIpc) is 3.14. The van der Waals surface area contributed by atoms with Gasteiger partial charge in [0.2, 0.25) is 5.88 Å². The van der Waals surface area contributed by atoms with E-state index in [0.717, 1.165) is 22.6 Å². The number of nitrogens with zero attached hydrogens (tertiary/aromatic N) is 5. The van der Waals surface area contributed by atoms with Crippen LogP contribution in [0.15, 0.2) is 48.8 Å². The smallest absolute Gasteiger partial charge is 0.257 e. The number of nitriles is 1. The van der Waals surface area contributed by atoms with Crippen LogP contribution in [-0.2, 0) is 0 Å². The van der Waals surface area contributed by atoms with Crippen molar-refractivity contribution in [2.45, 2.75) is 20.8 Å². The fourth-order valence-corrected chi connectivity index (χ4v) is 3.13. The molecule has 4 aromatic rings. The van der Waals surface area contributed by atoms with E-state index in [0.29, 0.717) is 23.0 Å². The molecule has 2 heterocycles. The summed E-state index contributed by atoms with van der Waals surface area (Å²) in [4.78, 5) is 8.65. The molecule has 7 heteroatoms. The van der Waals surface area contributed by atoms with Gasteiger partial charge >= 0.3 is 0 Å². The van der Waals surface area contributed by atoms with Gasteiger partial charge in [0.05, 0.1) is 11.6 Å². The fraction of sp³-hybridized carbons (Fsp3) is 0.143. The molecule has 0 amide bonds. The molecule has 0 bridgehead atoms. The first-order valence-corrected chi connectivity index (χ1v) is 8.77. The second-order valence-corrected chi connectivity index (χ2v) is 6.60. The molecule has 0 unspecified atom stereocenters. The second kappa shape index (κ2) is 7.00. The summed E-state index contributed by atoms with van der Waals surface area (Å²) in [5.74, 6) is 2.30. The zero-order chi connectivity index (χ0) is 19.7. The van der Waals surface area contributed by atoms with Crippen LogP contribution in [0.2, 0.25) is 0 Å². The van der Waals surface area contributed by atoms with Gasteiger partial charge in [-0.25, -0.2) is 0 Å². The highest BCUT2D eigenvalue weighted by molar-refractivity contribution is 5.60. The van der Waals surface area contributed by atoms with Crippen molar-refractivity contribution in [2.24, 2.45) is 0 Å². The number of aryl methyl sites for hydroxylation is 3. The first-order chi connectivity index (χ1) is 13.5. The Morgan fingerprint density at radius 3 is 2.43 bits per heavy atom. The summed E-state index contributed by atoms with van der Waals surface area (Å²) >= 11 is 0. The first-order valence-electron chi connectivity index (χ1n) is 8.77. The number of hydrogen-bond donors (Lipinski definition) is 1. The predicted molar refractivity (Wildman–Crippen MR) is 106 cm³/mol. The molecule has 0 radical (unpaired) electrons. The van der Waals surface area contributed by atoms with Gasteiger partial charge in [0.1, 0.15) is 17.9 Å². The number of benzene rings is 2. The van der Waals surface area contributed by atoms with Crippen molar-refractivity contribution in [1.82, 2.24) is 19.6 Å². The van der Waals surface area contributed by atoms with Gasteiger partial charge < -0.3 is 10.1 Å². The van der Waals surface area contributed by atoms with Crippen molar-refractivity contribution in [3.8, 4) is 17.7 Å². The highest BCUT2D eigenvalue weighted by Crippen LogP contribution is 2.31. The summed E-state index contributed by atoms with van der Waals surface area (Å²) in [5, 5.41) is 16.4. The SMILES string of the molecule is Cc1cc(C)c(Oc2cc(Nc3ccc(C#N)cc3)nc3ncnn23)c(C)c1. The Bertz CT molecular complexity index is 1180. The number of fused-ring (bicyclic) bond motifs is 1. The molecule has 0 saturated carbocycles. The van der Waals surface area contributed by atoms with Gasteiger partial charge in [-0.3, -0.25) is 0 Å². The van der Waals surface area contributed by atoms with Crippen LogP contribution in [0, 0.1) is 32.1 Å². The third kappa shape index (κ3) is 3.35. The zero-order valence-electron chi connectivity index (χ0n) is 15.8. The maximum absolute atomic E-state index is 8.93. The normalized spacial score (nSPS) is 10.6. The van der Waals surface area contributed by atoms with E-state index in [1.54, 1.807) is 22.7 Å². The van der Waals surface area contributed by atoms with Crippen molar-refractivity contribution in [2.75, 3.05) is 5.32 Å². The molecule has 28 heavy (non-hydrogen) atoms. The van der Waals surface area contributed by atoms with Gasteiger partial charge in [-0.15, -0.1) is 0 Å². The van der Waals surface area contributed by atoms with Crippen molar-refractivity contribution in [3.63, 3.8) is 0 Å². The van der Waals surface area contributed by atoms with E-state index >= 15 is 0 Å². The van der Waals surface area contributed by atoms with E-state index in [-0.39, 0.29) is 0 Å². The monoisotopic (exact) mass is 370 g/mol. The molecule has 0 fully saturated rings. The van der Waals surface area contributed by atoms with E-state index in [1.165, 1.54) is 11.9 Å². The highest BCUT2D eigenvalue weighted by atomic mass is 16.5. The first kappa shape index (κ1) is 17.5. The van der Waals surface area contributed by atoms with Crippen molar-refractivity contribution in [1.29, 1.82) is 5.26 Å². The molecule has 0 spiro atoms. The summed E-state index contributed by atoms with van der Waals surface area (Å²) < 4.78 is 7.78. The topological polar surface area (TPSA) is 88.1 Å². The molecule has 2 aromatic heterocycles. The molecule has 2 aromatic carbocycles. The molecule has 0 atom stereocenters. The maximum atomic E-state index is 8.93. The Labute approximate surface area is 162 Å². The molecule has 0 saturated heterocycles. The van der Waals surface area contributed by atoms with Crippen LogP contribution in [0.25, 0.3) is 5.78 Å². The molecular weight excluding hydrogens is 352 g/mol. The minimum absolute atomic E-state index is 0.427. The van der Waals surface area contributed by atoms with Crippen LogP contribution < -0.4 is 10.1 Å². The third-order valence-corrected chi connectivity index (χ3v) is 4.32. The van der Waals surface area contributed by atoms with E-state index < -0.39 is 0 Å². The minimum atomic E-state index is 0.427. The zero-order valence-corrected chi connectivity index (χ0v) is 15.8. The van der Waals surface area contributed by atoms with Crippen LogP contribution in [0.1, 0.15) is 22.3 Å². The number of anilines is 2. The van der Waals surface area contributed by atoms with Gasteiger partial charge in [0.15, 0.2) is 0 Å². The Morgan fingerprint density at radius 2 is 1.75 bits per heavy atom. The van der Waals surface area contributed by atoms with Crippen LogP contribution in [0.5, 0.6) is 11.6 Å². The summed E-state index contributed by atoms with van der Waals surface area (Å²) in [6.45, 7) is 6.10. The van der Waals surface area contributed by atoms with Gasteiger partial charge in [-0.1, -0.05) is 17.7 Å². The van der Waals surface area contributed by atoms with Gasteiger partial charge in [0.25, 0.3) is 5.78 Å². The Hall–Kier alpha value is -3.92. The van der Waals surface area contributed by atoms with Crippen LogP contribution in [0.4, 0.5) is 11.5 Å². The lowest BCUT2D eigenvalue weighted by Gasteiger charge is -2.14. The quantitative estimate of drug-likeness (QED) is 0.571. The lowest BCUT2D eigenvalue weighted by Crippen LogP contribution is -2.03. The fourth-order valence-electron chi connectivity index (χ4n) is 3.13. The van der Waals surface area contributed by atoms with Crippen molar-refractivity contribution >= 4 is 17.3 Å². The third-order valence-electron chi connectivity index (χ3n) is 4.32. The van der Waals surface area contributed by atoms with E-state index in [4.69, 9.17) is 10.00 Å². The number of aromatic nitrogens is 4. The summed E-state index contributed by atoms with van der Waals surface area (Å²) in [5.41, 5.74) is 4.68. The predicted octanol–water partition coefficient (Wildman–Crippen LogP) is 4.46. The molecule has 7 nitrogen and oxygen atoms in total. The standard InChI is InChI=1S/C21H18N6O/c1-13-8-14(2)20(15(3)9-13)28-19-10-18(26-21-23-12-24-27(19)21)25-17-6-4-16(11-22)5-7-17/h4-10,12H,1-3H3,(H,23,24,25,26). The summed E-state index contributed by atoms with van der Waals surface area (Å²) in [6.07, 6.45) is 1.44. The van der Waals surface area contributed by atoms with E-state index in [1.807, 2.05) is 26.0 Å². The second-order valence-electron chi connectivity index (χ2n) is 6.60. The number of hydrogen-bond acceptors (Lipinski definition) is 6. The van der Waals surface area contributed by atoms with Gasteiger partial charge in [-0.05, 0) is 56.2 Å².